The van der Waals surface area contributed by atoms with Crippen molar-refractivity contribution >= 4 is 0 Å². The van der Waals surface area contributed by atoms with Crippen LogP contribution >= 0.6 is 0 Å². The van der Waals surface area contributed by atoms with E-state index in [1.54, 1.807) is 6.08 Å². The maximum absolute atomic E-state index is 9.08. The minimum atomic E-state index is -0.371. The van der Waals surface area contributed by atoms with Crippen LogP contribution < -0.4 is 0 Å². The molecular weight excluding hydrogens is 114 g/mol. The van der Waals surface area contributed by atoms with Crippen molar-refractivity contribution in [2.45, 2.75) is 18.9 Å². The van der Waals surface area contributed by atoms with Crippen LogP contribution in [0.4, 0.5) is 0 Å². The lowest BCUT2D eigenvalue weighted by atomic mass is 10.0. The topological polar surface area (TPSA) is 44.0 Å². The van der Waals surface area contributed by atoms with Crippen molar-refractivity contribution in [1.82, 2.24) is 0 Å². The molecule has 0 heterocycles. The molecule has 0 aromatic carbocycles. The molecule has 2 nitrogen and oxygen atoms in total. The number of aliphatic hydroxyl groups excluding tert-OH is 1. The molecule has 48 valence electrons. The van der Waals surface area contributed by atoms with Gasteiger partial charge in [-0.05, 0) is 6.42 Å². The van der Waals surface area contributed by atoms with Crippen LogP contribution in [0.3, 0.4) is 0 Å². The Bertz CT molecular complexity index is 157. The smallest absolute Gasteiger partial charge is 0.0761 e. The highest BCUT2D eigenvalue weighted by Gasteiger charge is 2.19. The maximum Gasteiger partial charge on any atom is 0.0761 e. The third kappa shape index (κ3) is 1.30. The van der Waals surface area contributed by atoms with Crippen molar-refractivity contribution in [2.24, 2.45) is 5.92 Å². The zero-order valence-corrected chi connectivity index (χ0v) is 5.12. The average molecular weight is 123 g/mol. The number of hydrogen-bond donors (Lipinski definition) is 1. The summed E-state index contributed by atoms with van der Waals surface area (Å²) in [6, 6.07) is 2.04. The molecule has 1 aliphatic rings. The molecular formula is C7H9NO. The second kappa shape index (κ2) is 2.65. The van der Waals surface area contributed by atoms with E-state index in [0.717, 1.165) is 6.42 Å². The van der Waals surface area contributed by atoms with E-state index in [9.17, 15) is 0 Å². The summed E-state index contributed by atoms with van der Waals surface area (Å²) in [4.78, 5) is 0. The highest BCUT2D eigenvalue weighted by Crippen LogP contribution is 2.20. The van der Waals surface area contributed by atoms with Gasteiger partial charge < -0.3 is 5.11 Å². The molecule has 0 spiro atoms. The highest BCUT2D eigenvalue weighted by atomic mass is 16.3. The standard InChI is InChI=1S/C7H9NO/c8-5-4-6-2-1-3-7(6)9/h1,3,6-7,9H,2,4H2. The highest BCUT2D eigenvalue weighted by molar-refractivity contribution is 5.03. The molecule has 1 rings (SSSR count). The number of nitrogens with zero attached hydrogens (tertiary/aromatic N) is 1. The molecule has 0 saturated heterocycles. The third-order valence-corrected chi connectivity index (χ3v) is 1.61. The van der Waals surface area contributed by atoms with Gasteiger partial charge in [-0.15, -0.1) is 0 Å². The normalized spacial score (nSPS) is 32.4. The molecule has 0 fully saturated rings. The lowest BCUT2D eigenvalue weighted by Crippen LogP contribution is -2.11. The first-order valence-electron chi connectivity index (χ1n) is 3.06. The molecule has 2 unspecified atom stereocenters. The number of rotatable bonds is 1. The van der Waals surface area contributed by atoms with Gasteiger partial charge in [0.2, 0.25) is 0 Å². The molecule has 0 aromatic rings. The zero-order chi connectivity index (χ0) is 6.69. The zero-order valence-electron chi connectivity index (χ0n) is 5.12. The van der Waals surface area contributed by atoms with Gasteiger partial charge in [0.05, 0.1) is 12.2 Å². The Morgan fingerprint density at radius 2 is 2.56 bits per heavy atom. The third-order valence-electron chi connectivity index (χ3n) is 1.61. The first kappa shape index (κ1) is 6.31. The summed E-state index contributed by atoms with van der Waals surface area (Å²) < 4.78 is 0. The Kier molecular flexibility index (Phi) is 1.86. The van der Waals surface area contributed by atoms with E-state index < -0.39 is 0 Å². The van der Waals surface area contributed by atoms with Crippen LogP contribution in [0.15, 0.2) is 12.2 Å². The summed E-state index contributed by atoms with van der Waals surface area (Å²) in [6.07, 6.45) is 4.63. The minimum absolute atomic E-state index is 0.162. The van der Waals surface area contributed by atoms with Gasteiger partial charge in [0, 0.05) is 12.3 Å². The Morgan fingerprint density at radius 1 is 1.78 bits per heavy atom. The van der Waals surface area contributed by atoms with Gasteiger partial charge in [0.25, 0.3) is 0 Å². The summed E-state index contributed by atoms with van der Waals surface area (Å²) in [5.74, 6) is 0.162. The number of aliphatic hydroxyl groups is 1. The van der Waals surface area contributed by atoms with Crippen molar-refractivity contribution < 1.29 is 5.11 Å². The monoisotopic (exact) mass is 123 g/mol. The van der Waals surface area contributed by atoms with Crippen molar-refractivity contribution in [3.8, 4) is 6.07 Å². The van der Waals surface area contributed by atoms with Crippen LogP contribution in [0.5, 0.6) is 0 Å². The summed E-state index contributed by atoms with van der Waals surface area (Å²) >= 11 is 0. The van der Waals surface area contributed by atoms with Crippen LogP contribution in [0, 0.1) is 17.2 Å². The van der Waals surface area contributed by atoms with Gasteiger partial charge in [-0.2, -0.15) is 5.26 Å². The Balaban J connectivity index is 2.38. The van der Waals surface area contributed by atoms with E-state index in [2.05, 4.69) is 0 Å². The maximum atomic E-state index is 9.08. The molecule has 1 N–H and O–H groups in total. The number of nitriles is 1. The largest absolute Gasteiger partial charge is 0.389 e. The van der Waals surface area contributed by atoms with Gasteiger partial charge in [-0.3, -0.25) is 0 Å². The first-order chi connectivity index (χ1) is 4.34. The fraction of sp³-hybridized carbons (Fsp3) is 0.571. The lowest BCUT2D eigenvalue weighted by Gasteiger charge is -2.07. The minimum Gasteiger partial charge on any atom is -0.389 e. The number of hydrogen-bond acceptors (Lipinski definition) is 2. The van der Waals surface area contributed by atoms with Crippen LogP contribution in [0.25, 0.3) is 0 Å². The van der Waals surface area contributed by atoms with Gasteiger partial charge in [-0.1, -0.05) is 12.2 Å². The molecule has 0 bridgehead atoms. The van der Waals surface area contributed by atoms with Crippen molar-refractivity contribution in [3.63, 3.8) is 0 Å². The van der Waals surface area contributed by atoms with Crippen molar-refractivity contribution in [3.05, 3.63) is 12.2 Å². The fourth-order valence-electron chi connectivity index (χ4n) is 1.01. The second-order valence-corrected chi connectivity index (χ2v) is 2.28. The van der Waals surface area contributed by atoms with Crippen LogP contribution in [-0.2, 0) is 0 Å². The van der Waals surface area contributed by atoms with Crippen LogP contribution in [-0.4, -0.2) is 11.2 Å². The fourth-order valence-corrected chi connectivity index (χ4v) is 1.01. The average Bonchev–Trinajstić information content (AvgIpc) is 2.18. The summed E-state index contributed by atoms with van der Waals surface area (Å²) in [7, 11) is 0. The quantitative estimate of drug-likeness (QED) is 0.525. The van der Waals surface area contributed by atoms with Gasteiger partial charge in [-0.25, -0.2) is 0 Å². The molecule has 0 radical (unpaired) electrons. The SMILES string of the molecule is N#CCC1CC=CC1O. The summed E-state index contributed by atoms with van der Waals surface area (Å²) in [5.41, 5.74) is 0. The first-order valence-corrected chi connectivity index (χ1v) is 3.06. The van der Waals surface area contributed by atoms with E-state index in [0.29, 0.717) is 6.42 Å². The molecule has 2 heteroatoms. The number of allylic oxidation sites excluding steroid dienone is 1. The van der Waals surface area contributed by atoms with Gasteiger partial charge in [0.15, 0.2) is 0 Å². The Labute approximate surface area is 54.4 Å². The molecule has 2 atom stereocenters. The second-order valence-electron chi connectivity index (χ2n) is 2.28. The van der Waals surface area contributed by atoms with E-state index in [1.165, 1.54) is 0 Å². The van der Waals surface area contributed by atoms with Gasteiger partial charge in [0.1, 0.15) is 0 Å². The summed E-state index contributed by atoms with van der Waals surface area (Å²) in [5, 5.41) is 17.3. The lowest BCUT2D eigenvalue weighted by molar-refractivity contribution is 0.167. The molecule has 9 heavy (non-hydrogen) atoms. The van der Waals surface area contributed by atoms with E-state index in [1.807, 2.05) is 12.1 Å². The molecule has 0 aliphatic heterocycles. The summed E-state index contributed by atoms with van der Waals surface area (Å²) in [6.45, 7) is 0. The van der Waals surface area contributed by atoms with Crippen LogP contribution in [0.1, 0.15) is 12.8 Å². The van der Waals surface area contributed by atoms with E-state index in [4.69, 9.17) is 10.4 Å². The molecule has 0 aromatic heterocycles. The Morgan fingerprint density at radius 3 is 3.00 bits per heavy atom. The molecule has 1 aliphatic carbocycles. The van der Waals surface area contributed by atoms with E-state index >= 15 is 0 Å². The predicted octanol–water partition coefficient (Wildman–Crippen LogP) is 0.837. The van der Waals surface area contributed by atoms with Gasteiger partial charge >= 0.3 is 0 Å². The van der Waals surface area contributed by atoms with Crippen molar-refractivity contribution in [1.29, 1.82) is 5.26 Å². The van der Waals surface area contributed by atoms with Crippen molar-refractivity contribution in [2.75, 3.05) is 0 Å². The molecule has 0 amide bonds. The molecule has 0 saturated carbocycles. The van der Waals surface area contributed by atoms with Crippen LogP contribution in [0.2, 0.25) is 0 Å². The van der Waals surface area contributed by atoms with E-state index in [-0.39, 0.29) is 12.0 Å². The Hall–Kier alpha value is -0.810. The predicted molar refractivity (Wildman–Crippen MR) is 33.5 cm³/mol.